The molecule has 2 aromatic carbocycles. The summed E-state index contributed by atoms with van der Waals surface area (Å²) in [7, 11) is 0. The van der Waals surface area contributed by atoms with Crippen LogP contribution in [0, 0.1) is 0 Å². The molecule has 0 aromatic heterocycles. The number of hydrogen-bond acceptors (Lipinski definition) is 2. The molecule has 19 heavy (non-hydrogen) atoms. The zero-order chi connectivity index (χ0) is 13.8. The second kappa shape index (κ2) is 5.74. The average molecular weight is 257 g/mol. The summed E-state index contributed by atoms with van der Waals surface area (Å²) in [6, 6.07) is 13.6. The molecular weight excluding hydrogens is 238 g/mol. The van der Waals surface area contributed by atoms with Gasteiger partial charge in [0.25, 0.3) is 0 Å². The number of benzene rings is 2. The van der Waals surface area contributed by atoms with E-state index in [1.54, 1.807) is 0 Å². The molecule has 0 fully saturated rings. The quantitative estimate of drug-likeness (QED) is 0.890. The maximum Gasteiger partial charge on any atom is 0.326 e. The summed E-state index contributed by atoms with van der Waals surface area (Å²) in [5.74, 6) is -0.766. The topological polar surface area (TPSA) is 40.5 Å². The molecule has 0 saturated heterocycles. The Morgan fingerprint density at radius 1 is 1.16 bits per heavy atom. The molecule has 0 radical (unpaired) electrons. The van der Waals surface area contributed by atoms with E-state index in [9.17, 15) is 9.90 Å². The fourth-order valence-electron chi connectivity index (χ4n) is 2.55. The van der Waals surface area contributed by atoms with E-state index >= 15 is 0 Å². The predicted molar refractivity (Wildman–Crippen MR) is 78.7 cm³/mol. The van der Waals surface area contributed by atoms with Crippen LogP contribution in [-0.4, -0.2) is 23.7 Å². The van der Waals surface area contributed by atoms with Gasteiger partial charge in [0.05, 0.1) is 0 Å². The zero-order valence-electron chi connectivity index (χ0n) is 11.3. The van der Waals surface area contributed by atoms with Crippen molar-refractivity contribution in [3.8, 4) is 0 Å². The van der Waals surface area contributed by atoms with Gasteiger partial charge in [0.1, 0.15) is 6.04 Å². The van der Waals surface area contributed by atoms with Gasteiger partial charge in [0.15, 0.2) is 0 Å². The van der Waals surface area contributed by atoms with Crippen LogP contribution in [0.15, 0.2) is 42.5 Å². The molecule has 0 aliphatic rings. The monoisotopic (exact) mass is 257 g/mol. The Labute approximate surface area is 113 Å². The lowest BCUT2D eigenvalue weighted by atomic mass is 10.1. The highest BCUT2D eigenvalue weighted by atomic mass is 16.4. The van der Waals surface area contributed by atoms with Crippen molar-refractivity contribution in [1.29, 1.82) is 0 Å². The van der Waals surface area contributed by atoms with Crippen LogP contribution < -0.4 is 4.90 Å². The number of likely N-dealkylation sites (N-methyl/N-ethyl adjacent to an activating group) is 1. The fraction of sp³-hybridized carbons (Fsp3) is 0.312. The molecule has 0 saturated carbocycles. The third-order valence-corrected chi connectivity index (χ3v) is 3.46. The van der Waals surface area contributed by atoms with Crippen molar-refractivity contribution in [2.45, 2.75) is 26.3 Å². The summed E-state index contributed by atoms with van der Waals surface area (Å²) in [6.45, 7) is 4.58. The minimum atomic E-state index is -0.766. The van der Waals surface area contributed by atoms with Gasteiger partial charge in [0, 0.05) is 17.6 Å². The molecule has 0 amide bonds. The van der Waals surface area contributed by atoms with Gasteiger partial charge in [-0.15, -0.1) is 0 Å². The van der Waals surface area contributed by atoms with E-state index in [1.807, 2.05) is 61.2 Å². The largest absolute Gasteiger partial charge is 0.480 e. The molecule has 0 spiro atoms. The molecule has 1 atom stereocenters. The molecule has 2 rings (SSSR count). The smallest absolute Gasteiger partial charge is 0.326 e. The minimum absolute atomic E-state index is 0.476. The van der Waals surface area contributed by atoms with E-state index in [0.717, 1.165) is 16.5 Å². The van der Waals surface area contributed by atoms with Gasteiger partial charge < -0.3 is 10.0 Å². The summed E-state index contributed by atoms with van der Waals surface area (Å²) in [6.07, 6.45) is 0.590. The van der Waals surface area contributed by atoms with Crippen molar-refractivity contribution in [3.63, 3.8) is 0 Å². The van der Waals surface area contributed by atoms with Crippen LogP contribution in [0.3, 0.4) is 0 Å². The third kappa shape index (κ3) is 2.55. The van der Waals surface area contributed by atoms with Crippen LogP contribution in [0.1, 0.15) is 20.3 Å². The molecule has 0 heterocycles. The highest BCUT2D eigenvalue weighted by Crippen LogP contribution is 2.28. The number of carboxylic acids is 1. The number of carboxylic acid groups (broad SMARTS) is 1. The standard InChI is InChI=1S/C16H19NO2/c1-3-14(16(18)19)17(4-2)15-11-7-9-12-8-5-6-10-13(12)15/h5-11,14H,3-4H2,1-2H3,(H,18,19). The predicted octanol–water partition coefficient (Wildman–Crippen LogP) is 3.53. The Morgan fingerprint density at radius 3 is 2.47 bits per heavy atom. The summed E-state index contributed by atoms with van der Waals surface area (Å²) in [5, 5.41) is 11.6. The SMILES string of the molecule is CCC(C(=O)O)N(CC)c1cccc2ccccc12. The van der Waals surface area contributed by atoms with Crippen LogP contribution in [0.2, 0.25) is 0 Å². The summed E-state index contributed by atoms with van der Waals surface area (Å²) in [5.41, 5.74) is 0.995. The molecule has 2 aromatic rings. The number of rotatable bonds is 5. The Balaban J connectivity index is 2.54. The Kier molecular flexibility index (Phi) is 4.05. The van der Waals surface area contributed by atoms with Gasteiger partial charge in [-0.3, -0.25) is 0 Å². The van der Waals surface area contributed by atoms with Gasteiger partial charge in [-0.1, -0.05) is 43.3 Å². The number of fused-ring (bicyclic) bond motifs is 1. The zero-order valence-corrected chi connectivity index (χ0v) is 11.3. The second-order valence-electron chi connectivity index (χ2n) is 4.55. The summed E-state index contributed by atoms with van der Waals surface area (Å²) in [4.78, 5) is 13.4. The van der Waals surface area contributed by atoms with E-state index in [4.69, 9.17) is 0 Å². The minimum Gasteiger partial charge on any atom is -0.480 e. The molecule has 100 valence electrons. The Bertz CT molecular complexity index is 574. The van der Waals surface area contributed by atoms with Crippen LogP contribution in [0.5, 0.6) is 0 Å². The van der Waals surface area contributed by atoms with Crippen molar-refractivity contribution in [2.24, 2.45) is 0 Å². The molecule has 0 bridgehead atoms. The van der Waals surface area contributed by atoms with Gasteiger partial charge >= 0.3 is 5.97 Å². The first kappa shape index (κ1) is 13.4. The third-order valence-electron chi connectivity index (χ3n) is 3.46. The Morgan fingerprint density at radius 2 is 1.84 bits per heavy atom. The van der Waals surface area contributed by atoms with Crippen LogP contribution in [0.4, 0.5) is 5.69 Å². The van der Waals surface area contributed by atoms with E-state index in [0.29, 0.717) is 13.0 Å². The van der Waals surface area contributed by atoms with Gasteiger partial charge in [-0.25, -0.2) is 4.79 Å². The molecule has 1 unspecified atom stereocenters. The molecule has 3 nitrogen and oxygen atoms in total. The van der Waals surface area contributed by atoms with Gasteiger partial charge in [-0.2, -0.15) is 0 Å². The van der Waals surface area contributed by atoms with E-state index < -0.39 is 12.0 Å². The van der Waals surface area contributed by atoms with Crippen LogP contribution in [-0.2, 0) is 4.79 Å². The van der Waals surface area contributed by atoms with Crippen molar-refractivity contribution < 1.29 is 9.90 Å². The maximum absolute atomic E-state index is 11.4. The fourth-order valence-corrected chi connectivity index (χ4v) is 2.55. The molecule has 3 heteroatoms. The summed E-state index contributed by atoms with van der Waals surface area (Å²) >= 11 is 0. The number of nitrogens with zero attached hydrogens (tertiary/aromatic N) is 1. The summed E-state index contributed by atoms with van der Waals surface area (Å²) < 4.78 is 0. The highest BCUT2D eigenvalue weighted by Gasteiger charge is 2.23. The normalized spacial score (nSPS) is 12.3. The van der Waals surface area contributed by atoms with Gasteiger partial charge in [-0.05, 0) is 24.8 Å². The maximum atomic E-state index is 11.4. The van der Waals surface area contributed by atoms with Crippen molar-refractivity contribution >= 4 is 22.4 Å². The van der Waals surface area contributed by atoms with E-state index in [1.165, 1.54) is 0 Å². The van der Waals surface area contributed by atoms with Crippen LogP contribution >= 0.6 is 0 Å². The lowest BCUT2D eigenvalue weighted by molar-refractivity contribution is -0.138. The van der Waals surface area contributed by atoms with Crippen LogP contribution in [0.25, 0.3) is 10.8 Å². The molecule has 0 aliphatic carbocycles. The van der Waals surface area contributed by atoms with E-state index in [-0.39, 0.29) is 0 Å². The number of hydrogen-bond donors (Lipinski definition) is 1. The average Bonchev–Trinajstić information content (AvgIpc) is 2.43. The molecule has 0 aliphatic heterocycles. The molecular formula is C16H19NO2. The van der Waals surface area contributed by atoms with Crippen molar-refractivity contribution in [3.05, 3.63) is 42.5 Å². The Hall–Kier alpha value is -2.03. The lowest BCUT2D eigenvalue weighted by Gasteiger charge is -2.30. The first-order valence-electron chi connectivity index (χ1n) is 6.66. The second-order valence-corrected chi connectivity index (χ2v) is 4.55. The number of aliphatic carboxylic acids is 1. The number of carbonyl (C=O) groups is 1. The molecule has 1 N–H and O–H groups in total. The first-order valence-corrected chi connectivity index (χ1v) is 6.66. The van der Waals surface area contributed by atoms with E-state index in [2.05, 4.69) is 0 Å². The lowest BCUT2D eigenvalue weighted by Crippen LogP contribution is -2.40. The first-order chi connectivity index (χ1) is 9.19. The number of anilines is 1. The van der Waals surface area contributed by atoms with Gasteiger partial charge in [0.2, 0.25) is 0 Å². The highest BCUT2D eigenvalue weighted by molar-refractivity contribution is 5.95. The van der Waals surface area contributed by atoms with Crippen molar-refractivity contribution in [1.82, 2.24) is 0 Å². The van der Waals surface area contributed by atoms with Crippen molar-refractivity contribution in [2.75, 3.05) is 11.4 Å².